The summed E-state index contributed by atoms with van der Waals surface area (Å²) in [5.41, 5.74) is 6.10. The van der Waals surface area contributed by atoms with E-state index in [1.807, 2.05) is 7.11 Å². The van der Waals surface area contributed by atoms with E-state index in [2.05, 4.69) is 4.90 Å². The quantitative estimate of drug-likeness (QED) is 0.758. The highest BCUT2D eigenvalue weighted by atomic mass is 16.5. The lowest BCUT2D eigenvalue weighted by Crippen LogP contribution is -2.38. The predicted octanol–water partition coefficient (Wildman–Crippen LogP) is 1.08. The highest BCUT2D eigenvalue weighted by Crippen LogP contribution is 2.46. The molecule has 15 heavy (non-hydrogen) atoms. The SMILES string of the molecule is COC[C@@]12CCCC[C@H]1CN(CCN)C2. The summed E-state index contributed by atoms with van der Waals surface area (Å²) in [5.74, 6) is 0.859. The molecule has 2 atom stereocenters. The Labute approximate surface area is 93.0 Å². The Morgan fingerprint density at radius 1 is 1.47 bits per heavy atom. The first kappa shape index (κ1) is 11.4. The summed E-state index contributed by atoms with van der Waals surface area (Å²) in [7, 11) is 1.84. The number of hydrogen-bond acceptors (Lipinski definition) is 3. The molecule has 1 aliphatic carbocycles. The van der Waals surface area contributed by atoms with Gasteiger partial charge in [0.25, 0.3) is 0 Å². The van der Waals surface area contributed by atoms with Crippen molar-refractivity contribution in [3.8, 4) is 0 Å². The van der Waals surface area contributed by atoms with Crippen LogP contribution in [0, 0.1) is 11.3 Å². The van der Waals surface area contributed by atoms with Gasteiger partial charge in [0.1, 0.15) is 0 Å². The van der Waals surface area contributed by atoms with Crippen molar-refractivity contribution in [2.75, 3.05) is 39.9 Å². The second-order valence-corrected chi connectivity index (χ2v) is 5.26. The van der Waals surface area contributed by atoms with Crippen molar-refractivity contribution < 1.29 is 4.74 Å². The van der Waals surface area contributed by atoms with Crippen LogP contribution in [0.5, 0.6) is 0 Å². The molecule has 0 amide bonds. The zero-order chi connectivity index (χ0) is 10.7. The Balaban J connectivity index is 2.02. The fourth-order valence-corrected chi connectivity index (χ4v) is 3.57. The molecule has 1 saturated carbocycles. The van der Waals surface area contributed by atoms with Crippen molar-refractivity contribution in [1.29, 1.82) is 0 Å². The Morgan fingerprint density at radius 3 is 3.07 bits per heavy atom. The van der Waals surface area contributed by atoms with Crippen LogP contribution in [0.15, 0.2) is 0 Å². The van der Waals surface area contributed by atoms with Gasteiger partial charge in [-0.2, -0.15) is 0 Å². The Kier molecular flexibility index (Phi) is 3.65. The Morgan fingerprint density at radius 2 is 2.33 bits per heavy atom. The maximum absolute atomic E-state index is 5.64. The standard InChI is InChI=1S/C12H24N2O/c1-15-10-12-5-3-2-4-11(12)8-14(9-12)7-6-13/h11H,2-10,13H2,1H3/t11-,12-/m0/s1. The van der Waals surface area contributed by atoms with Crippen molar-refractivity contribution >= 4 is 0 Å². The number of hydrogen-bond donors (Lipinski definition) is 1. The van der Waals surface area contributed by atoms with Crippen molar-refractivity contribution in [1.82, 2.24) is 4.90 Å². The second-order valence-electron chi connectivity index (χ2n) is 5.26. The summed E-state index contributed by atoms with van der Waals surface area (Å²) < 4.78 is 5.45. The summed E-state index contributed by atoms with van der Waals surface area (Å²) >= 11 is 0. The smallest absolute Gasteiger partial charge is 0.0534 e. The van der Waals surface area contributed by atoms with Gasteiger partial charge in [-0.15, -0.1) is 0 Å². The van der Waals surface area contributed by atoms with Crippen LogP contribution in [0.3, 0.4) is 0 Å². The number of nitrogens with two attached hydrogens (primary N) is 1. The molecule has 3 heteroatoms. The van der Waals surface area contributed by atoms with Gasteiger partial charge >= 0.3 is 0 Å². The molecule has 0 spiro atoms. The highest BCUT2D eigenvalue weighted by molar-refractivity contribution is 4.98. The third-order valence-corrected chi connectivity index (χ3v) is 4.24. The largest absolute Gasteiger partial charge is 0.384 e. The molecule has 0 aromatic rings. The molecule has 0 aromatic carbocycles. The van der Waals surface area contributed by atoms with Gasteiger partial charge in [0.2, 0.25) is 0 Å². The average Bonchev–Trinajstić information content (AvgIpc) is 2.56. The lowest BCUT2D eigenvalue weighted by Gasteiger charge is -2.38. The molecule has 88 valence electrons. The van der Waals surface area contributed by atoms with E-state index in [1.54, 1.807) is 0 Å². The van der Waals surface area contributed by atoms with Crippen LogP contribution >= 0.6 is 0 Å². The lowest BCUT2D eigenvalue weighted by atomic mass is 9.69. The average molecular weight is 212 g/mol. The minimum absolute atomic E-state index is 0.460. The number of ether oxygens (including phenoxy) is 1. The van der Waals surface area contributed by atoms with E-state index in [-0.39, 0.29) is 0 Å². The van der Waals surface area contributed by atoms with Crippen LogP contribution in [0.4, 0.5) is 0 Å². The number of fused-ring (bicyclic) bond motifs is 1. The van der Waals surface area contributed by atoms with Crippen molar-refractivity contribution in [2.45, 2.75) is 25.7 Å². The van der Waals surface area contributed by atoms with E-state index in [4.69, 9.17) is 10.5 Å². The first-order valence-electron chi connectivity index (χ1n) is 6.22. The van der Waals surface area contributed by atoms with Crippen molar-refractivity contribution in [3.63, 3.8) is 0 Å². The van der Waals surface area contributed by atoms with Gasteiger partial charge in [-0.25, -0.2) is 0 Å². The van der Waals surface area contributed by atoms with Gasteiger partial charge in [-0.1, -0.05) is 12.8 Å². The van der Waals surface area contributed by atoms with Gasteiger partial charge < -0.3 is 15.4 Å². The van der Waals surface area contributed by atoms with Gasteiger partial charge in [0.05, 0.1) is 6.61 Å². The lowest BCUT2D eigenvalue weighted by molar-refractivity contribution is 0.0299. The topological polar surface area (TPSA) is 38.5 Å². The first-order valence-corrected chi connectivity index (χ1v) is 6.22. The molecule has 1 aliphatic heterocycles. The molecule has 1 saturated heterocycles. The zero-order valence-electron chi connectivity index (χ0n) is 9.87. The molecule has 2 N–H and O–H groups in total. The van der Waals surface area contributed by atoms with Gasteiger partial charge in [0.15, 0.2) is 0 Å². The molecule has 3 nitrogen and oxygen atoms in total. The minimum Gasteiger partial charge on any atom is -0.384 e. The maximum atomic E-state index is 5.64. The van der Waals surface area contributed by atoms with E-state index in [0.717, 1.165) is 25.6 Å². The molecule has 2 rings (SSSR count). The predicted molar refractivity (Wildman–Crippen MR) is 61.8 cm³/mol. The number of likely N-dealkylation sites (tertiary alicyclic amines) is 1. The first-order chi connectivity index (χ1) is 7.30. The molecular formula is C12H24N2O. The van der Waals surface area contributed by atoms with E-state index in [0.29, 0.717) is 5.41 Å². The zero-order valence-corrected chi connectivity index (χ0v) is 9.87. The second kappa shape index (κ2) is 4.81. The van der Waals surface area contributed by atoms with E-state index < -0.39 is 0 Å². The fraction of sp³-hybridized carbons (Fsp3) is 1.00. The molecular weight excluding hydrogens is 188 g/mol. The van der Waals surface area contributed by atoms with Crippen LogP contribution in [0.2, 0.25) is 0 Å². The third-order valence-electron chi connectivity index (χ3n) is 4.24. The van der Waals surface area contributed by atoms with Crippen LogP contribution in [0.1, 0.15) is 25.7 Å². The number of nitrogens with zero attached hydrogens (tertiary/aromatic N) is 1. The van der Waals surface area contributed by atoms with Crippen molar-refractivity contribution in [2.24, 2.45) is 17.1 Å². The van der Waals surface area contributed by atoms with E-state index >= 15 is 0 Å². The molecule has 1 heterocycles. The molecule has 0 unspecified atom stereocenters. The normalized spacial score (nSPS) is 36.8. The maximum Gasteiger partial charge on any atom is 0.0534 e. The third kappa shape index (κ3) is 2.19. The molecule has 0 bridgehead atoms. The highest BCUT2D eigenvalue weighted by Gasteiger charge is 2.47. The van der Waals surface area contributed by atoms with Gasteiger partial charge in [0, 0.05) is 38.7 Å². The summed E-state index contributed by atoms with van der Waals surface area (Å²) in [5, 5.41) is 0. The monoisotopic (exact) mass is 212 g/mol. The summed E-state index contributed by atoms with van der Waals surface area (Å²) in [4.78, 5) is 2.54. The summed E-state index contributed by atoms with van der Waals surface area (Å²) in [6.45, 7) is 5.25. The molecule has 2 aliphatic rings. The Bertz CT molecular complexity index is 206. The Hall–Kier alpha value is -0.120. The van der Waals surface area contributed by atoms with Gasteiger partial charge in [-0.05, 0) is 18.8 Å². The molecule has 0 radical (unpaired) electrons. The van der Waals surface area contributed by atoms with Crippen LogP contribution in [-0.2, 0) is 4.74 Å². The van der Waals surface area contributed by atoms with E-state index in [1.165, 1.54) is 38.8 Å². The number of rotatable bonds is 4. The number of methoxy groups -OCH3 is 1. The summed E-state index contributed by atoms with van der Waals surface area (Å²) in [6, 6.07) is 0. The van der Waals surface area contributed by atoms with Crippen LogP contribution < -0.4 is 5.73 Å². The fourth-order valence-electron chi connectivity index (χ4n) is 3.57. The molecule has 0 aromatic heterocycles. The minimum atomic E-state index is 0.460. The van der Waals surface area contributed by atoms with Crippen LogP contribution in [-0.4, -0.2) is 44.8 Å². The van der Waals surface area contributed by atoms with Crippen LogP contribution in [0.25, 0.3) is 0 Å². The van der Waals surface area contributed by atoms with E-state index in [9.17, 15) is 0 Å². The summed E-state index contributed by atoms with van der Waals surface area (Å²) in [6.07, 6.45) is 5.54. The van der Waals surface area contributed by atoms with Crippen molar-refractivity contribution in [3.05, 3.63) is 0 Å². The van der Waals surface area contributed by atoms with Gasteiger partial charge in [-0.3, -0.25) is 0 Å². The molecule has 2 fully saturated rings.